The molecule has 1 aromatic carbocycles. The minimum atomic E-state index is -0.460. The zero-order valence-corrected chi connectivity index (χ0v) is 12.7. The molecule has 1 aromatic rings. The summed E-state index contributed by atoms with van der Waals surface area (Å²) in [7, 11) is 3.93. The number of hydrogen-bond donors (Lipinski definition) is 0. The van der Waals surface area contributed by atoms with E-state index in [4.69, 9.17) is 0 Å². The van der Waals surface area contributed by atoms with Crippen LogP contribution in [0.4, 0.5) is 4.39 Å². The maximum atomic E-state index is 13.7. The van der Waals surface area contributed by atoms with E-state index < -0.39 is 5.54 Å². The van der Waals surface area contributed by atoms with Crippen LogP contribution in [0, 0.1) is 12.7 Å². The van der Waals surface area contributed by atoms with Crippen molar-refractivity contribution in [3.8, 4) is 0 Å². The molecular formula is C17H24FNO. The van der Waals surface area contributed by atoms with Gasteiger partial charge in [-0.15, -0.1) is 0 Å². The number of ketones is 1. The second-order valence-corrected chi connectivity index (χ2v) is 6.13. The van der Waals surface area contributed by atoms with E-state index in [2.05, 4.69) is 0 Å². The number of benzene rings is 1. The fraction of sp³-hybridized carbons (Fsp3) is 0.588. The molecule has 0 unspecified atom stereocenters. The predicted octanol–water partition coefficient (Wildman–Crippen LogP) is 3.97. The lowest BCUT2D eigenvalue weighted by Crippen LogP contribution is -2.50. The standard InChI is InChI=1S/C17H24FNO/c1-13-8-9-14(12-15(13)18)16(20)17(19(2)3)10-6-4-5-7-11-17/h8-9,12H,4-7,10-11H2,1-3H3. The lowest BCUT2D eigenvalue weighted by atomic mass is 9.81. The van der Waals surface area contributed by atoms with Gasteiger partial charge in [0.05, 0.1) is 5.54 Å². The highest BCUT2D eigenvalue weighted by molar-refractivity contribution is 6.03. The van der Waals surface area contributed by atoms with E-state index in [1.54, 1.807) is 19.1 Å². The van der Waals surface area contributed by atoms with Crippen molar-refractivity contribution in [2.24, 2.45) is 0 Å². The van der Waals surface area contributed by atoms with Crippen molar-refractivity contribution in [3.63, 3.8) is 0 Å². The first-order chi connectivity index (χ1) is 9.47. The third kappa shape index (κ3) is 2.78. The van der Waals surface area contributed by atoms with E-state index in [0.29, 0.717) is 11.1 Å². The summed E-state index contributed by atoms with van der Waals surface area (Å²) in [5, 5.41) is 0. The van der Waals surface area contributed by atoms with E-state index in [-0.39, 0.29) is 11.6 Å². The topological polar surface area (TPSA) is 20.3 Å². The van der Waals surface area contributed by atoms with Crippen LogP contribution in [0.5, 0.6) is 0 Å². The van der Waals surface area contributed by atoms with Crippen molar-refractivity contribution in [1.29, 1.82) is 0 Å². The van der Waals surface area contributed by atoms with E-state index >= 15 is 0 Å². The number of nitrogens with zero attached hydrogens (tertiary/aromatic N) is 1. The number of Topliss-reactive ketones (excluding diaryl/α,β-unsaturated/α-hetero) is 1. The monoisotopic (exact) mass is 277 g/mol. The average molecular weight is 277 g/mol. The molecule has 110 valence electrons. The van der Waals surface area contributed by atoms with Crippen LogP contribution in [0.25, 0.3) is 0 Å². The molecule has 20 heavy (non-hydrogen) atoms. The molecule has 0 heterocycles. The van der Waals surface area contributed by atoms with Crippen molar-refractivity contribution in [2.45, 2.75) is 51.0 Å². The summed E-state index contributed by atoms with van der Waals surface area (Å²) >= 11 is 0. The Morgan fingerprint density at radius 3 is 2.25 bits per heavy atom. The van der Waals surface area contributed by atoms with Crippen molar-refractivity contribution in [1.82, 2.24) is 4.90 Å². The van der Waals surface area contributed by atoms with Crippen molar-refractivity contribution < 1.29 is 9.18 Å². The van der Waals surface area contributed by atoms with Gasteiger partial charge in [-0.25, -0.2) is 4.39 Å². The Balaban J connectivity index is 2.37. The molecule has 0 bridgehead atoms. The van der Waals surface area contributed by atoms with E-state index in [0.717, 1.165) is 25.7 Å². The van der Waals surface area contributed by atoms with Crippen LogP contribution in [-0.4, -0.2) is 30.3 Å². The molecular weight excluding hydrogens is 253 g/mol. The van der Waals surface area contributed by atoms with Gasteiger partial charge >= 0.3 is 0 Å². The van der Waals surface area contributed by atoms with E-state index in [1.165, 1.54) is 18.9 Å². The Kier molecular flexibility index (Phi) is 4.59. The molecule has 3 heteroatoms. The Morgan fingerprint density at radius 1 is 1.15 bits per heavy atom. The molecule has 0 aliphatic heterocycles. The van der Waals surface area contributed by atoms with Gasteiger partial charge in [0.15, 0.2) is 5.78 Å². The highest BCUT2D eigenvalue weighted by Gasteiger charge is 2.40. The van der Waals surface area contributed by atoms with Gasteiger partial charge in [-0.3, -0.25) is 9.69 Å². The SMILES string of the molecule is Cc1ccc(C(=O)C2(N(C)C)CCCCCC2)cc1F. The van der Waals surface area contributed by atoms with Crippen molar-refractivity contribution in [2.75, 3.05) is 14.1 Å². The second-order valence-electron chi connectivity index (χ2n) is 6.13. The molecule has 0 N–H and O–H groups in total. The summed E-state index contributed by atoms with van der Waals surface area (Å²) in [4.78, 5) is 15.0. The third-order valence-corrected chi connectivity index (χ3v) is 4.64. The fourth-order valence-corrected chi connectivity index (χ4v) is 3.19. The first-order valence-electron chi connectivity index (χ1n) is 7.46. The van der Waals surface area contributed by atoms with Gasteiger partial charge in [0.1, 0.15) is 5.82 Å². The van der Waals surface area contributed by atoms with Gasteiger partial charge in [-0.1, -0.05) is 37.8 Å². The molecule has 1 saturated carbocycles. The highest BCUT2D eigenvalue weighted by Crippen LogP contribution is 2.34. The molecule has 1 aliphatic carbocycles. The van der Waals surface area contributed by atoms with Gasteiger partial charge in [0.2, 0.25) is 0 Å². The lowest BCUT2D eigenvalue weighted by Gasteiger charge is -2.38. The number of halogens is 1. The maximum absolute atomic E-state index is 13.7. The Morgan fingerprint density at radius 2 is 1.75 bits per heavy atom. The molecule has 0 atom stereocenters. The van der Waals surface area contributed by atoms with Crippen LogP contribution in [0.1, 0.15) is 54.4 Å². The maximum Gasteiger partial charge on any atom is 0.183 e. The Bertz CT molecular complexity index is 488. The molecule has 1 aliphatic rings. The quantitative estimate of drug-likeness (QED) is 0.615. The average Bonchev–Trinajstić information content (AvgIpc) is 2.67. The first-order valence-corrected chi connectivity index (χ1v) is 7.46. The number of rotatable bonds is 3. The van der Waals surface area contributed by atoms with Crippen LogP contribution < -0.4 is 0 Å². The van der Waals surface area contributed by atoms with E-state index in [1.807, 2.05) is 19.0 Å². The number of likely N-dealkylation sites (N-methyl/N-ethyl adjacent to an activating group) is 1. The van der Waals surface area contributed by atoms with Crippen LogP contribution in [0.2, 0.25) is 0 Å². The molecule has 0 amide bonds. The molecule has 0 radical (unpaired) electrons. The number of carbonyl (C=O) groups is 1. The highest BCUT2D eigenvalue weighted by atomic mass is 19.1. The number of carbonyl (C=O) groups excluding carboxylic acids is 1. The van der Waals surface area contributed by atoms with Crippen LogP contribution in [0.15, 0.2) is 18.2 Å². The van der Waals surface area contributed by atoms with Crippen LogP contribution in [-0.2, 0) is 0 Å². The molecule has 0 saturated heterocycles. The molecule has 0 spiro atoms. The second kappa shape index (κ2) is 6.04. The van der Waals surface area contributed by atoms with Gasteiger partial charge in [0.25, 0.3) is 0 Å². The Hall–Kier alpha value is -1.22. The van der Waals surface area contributed by atoms with Gasteiger partial charge in [0, 0.05) is 5.56 Å². The van der Waals surface area contributed by atoms with Crippen molar-refractivity contribution in [3.05, 3.63) is 35.1 Å². The number of aryl methyl sites for hydroxylation is 1. The molecule has 1 fully saturated rings. The molecule has 2 rings (SSSR count). The first kappa shape index (κ1) is 15.2. The van der Waals surface area contributed by atoms with Gasteiger partial charge in [-0.05, 0) is 45.5 Å². The van der Waals surface area contributed by atoms with E-state index in [9.17, 15) is 9.18 Å². The Labute approximate surface area is 121 Å². The largest absolute Gasteiger partial charge is 0.297 e. The van der Waals surface area contributed by atoms with Gasteiger partial charge in [-0.2, -0.15) is 0 Å². The lowest BCUT2D eigenvalue weighted by molar-refractivity contribution is 0.0634. The predicted molar refractivity (Wildman–Crippen MR) is 79.6 cm³/mol. The minimum absolute atomic E-state index is 0.0725. The zero-order valence-electron chi connectivity index (χ0n) is 12.7. The summed E-state index contributed by atoms with van der Waals surface area (Å²) in [6, 6.07) is 4.85. The summed E-state index contributed by atoms with van der Waals surface area (Å²) in [6.07, 6.45) is 6.25. The smallest absolute Gasteiger partial charge is 0.183 e. The van der Waals surface area contributed by atoms with Crippen molar-refractivity contribution >= 4 is 5.78 Å². The normalized spacial score (nSPS) is 18.9. The van der Waals surface area contributed by atoms with Gasteiger partial charge < -0.3 is 0 Å². The molecule has 0 aromatic heterocycles. The van der Waals surface area contributed by atoms with Crippen LogP contribution >= 0.6 is 0 Å². The fourth-order valence-electron chi connectivity index (χ4n) is 3.19. The zero-order chi connectivity index (χ0) is 14.8. The summed E-state index contributed by atoms with van der Waals surface area (Å²) in [5.41, 5.74) is 0.628. The van der Waals surface area contributed by atoms with Crippen LogP contribution in [0.3, 0.4) is 0 Å². The minimum Gasteiger partial charge on any atom is -0.297 e. The number of hydrogen-bond acceptors (Lipinski definition) is 2. The summed E-state index contributed by atoms with van der Waals surface area (Å²) in [5.74, 6) is -0.221. The molecule has 2 nitrogen and oxygen atoms in total. The third-order valence-electron chi connectivity index (χ3n) is 4.64. The summed E-state index contributed by atoms with van der Waals surface area (Å²) in [6.45, 7) is 1.72. The summed E-state index contributed by atoms with van der Waals surface area (Å²) < 4.78 is 13.7.